The molecule has 1 N–H and O–H groups in total. The van der Waals surface area contributed by atoms with Crippen LogP contribution in [0.1, 0.15) is 25.5 Å². The van der Waals surface area contributed by atoms with E-state index in [4.69, 9.17) is 4.74 Å². The predicted molar refractivity (Wildman–Crippen MR) is 55.2 cm³/mol. The molecule has 76 valence electrons. The van der Waals surface area contributed by atoms with E-state index in [1.807, 2.05) is 31.2 Å². The van der Waals surface area contributed by atoms with Crippen molar-refractivity contribution in [2.75, 3.05) is 7.11 Å². The second kappa shape index (κ2) is 4.65. The Labute approximate surface area is 84.1 Å². The van der Waals surface area contributed by atoms with Crippen LogP contribution in [0.5, 0.6) is 5.75 Å². The van der Waals surface area contributed by atoms with E-state index < -0.39 is 0 Å². The molecule has 3 nitrogen and oxygen atoms in total. The fourth-order valence-electron chi connectivity index (χ4n) is 1.28. The lowest BCUT2D eigenvalue weighted by atomic mass is 10.1. The summed E-state index contributed by atoms with van der Waals surface area (Å²) >= 11 is 0. The highest BCUT2D eigenvalue weighted by molar-refractivity contribution is 5.73. The molecule has 0 heterocycles. The smallest absolute Gasteiger partial charge is 0.217 e. The molecule has 0 aromatic heterocycles. The highest BCUT2D eigenvalue weighted by Gasteiger charge is 2.05. The first-order valence-corrected chi connectivity index (χ1v) is 4.54. The highest BCUT2D eigenvalue weighted by Crippen LogP contribution is 2.16. The number of benzene rings is 1. The first-order chi connectivity index (χ1) is 6.63. The molecule has 0 spiro atoms. The van der Waals surface area contributed by atoms with Crippen molar-refractivity contribution < 1.29 is 9.53 Å². The maximum atomic E-state index is 10.8. The number of hydrogen-bond donors (Lipinski definition) is 1. The van der Waals surface area contributed by atoms with Crippen molar-refractivity contribution >= 4 is 5.91 Å². The Kier molecular flexibility index (Phi) is 3.51. The first-order valence-electron chi connectivity index (χ1n) is 4.54. The Morgan fingerprint density at radius 2 is 1.93 bits per heavy atom. The molecule has 14 heavy (non-hydrogen) atoms. The van der Waals surface area contributed by atoms with Crippen LogP contribution in [-0.2, 0) is 4.79 Å². The Morgan fingerprint density at radius 3 is 2.36 bits per heavy atom. The van der Waals surface area contributed by atoms with E-state index in [1.54, 1.807) is 7.11 Å². The third-order valence-corrected chi connectivity index (χ3v) is 2.04. The molecule has 0 aliphatic heterocycles. The Bertz CT molecular complexity index is 306. The molecular weight excluding hydrogens is 178 g/mol. The lowest BCUT2D eigenvalue weighted by molar-refractivity contribution is -0.119. The molecule has 1 rings (SSSR count). The van der Waals surface area contributed by atoms with E-state index in [0.717, 1.165) is 11.3 Å². The van der Waals surface area contributed by atoms with Crippen LogP contribution >= 0.6 is 0 Å². The molecule has 0 aliphatic carbocycles. The van der Waals surface area contributed by atoms with Crippen LogP contribution < -0.4 is 10.1 Å². The zero-order chi connectivity index (χ0) is 10.6. The number of ether oxygens (including phenoxy) is 1. The van der Waals surface area contributed by atoms with E-state index in [0.29, 0.717) is 0 Å². The summed E-state index contributed by atoms with van der Waals surface area (Å²) in [7, 11) is 1.63. The summed E-state index contributed by atoms with van der Waals surface area (Å²) in [6.07, 6.45) is 0. The molecule has 0 aliphatic rings. The maximum absolute atomic E-state index is 10.8. The molecule has 1 aromatic rings. The molecule has 3 heteroatoms. The summed E-state index contributed by atoms with van der Waals surface area (Å²) < 4.78 is 5.04. The summed E-state index contributed by atoms with van der Waals surface area (Å²) in [4.78, 5) is 10.8. The van der Waals surface area contributed by atoms with Crippen molar-refractivity contribution in [1.82, 2.24) is 5.32 Å². The summed E-state index contributed by atoms with van der Waals surface area (Å²) in [5.74, 6) is 0.803. The third-order valence-electron chi connectivity index (χ3n) is 2.04. The van der Waals surface area contributed by atoms with Crippen LogP contribution in [0.3, 0.4) is 0 Å². The topological polar surface area (TPSA) is 38.3 Å². The minimum Gasteiger partial charge on any atom is -0.497 e. The summed E-state index contributed by atoms with van der Waals surface area (Å²) in [6, 6.07) is 7.69. The average Bonchev–Trinajstić information content (AvgIpc) is 2.17. The van der Waals surface area contributed by atoms with Gasteiger partial charge in [-0.2, -0.15) is 0 Å². The number of rotatable bonds is 3. The van der Waals surface area contributed by atoms with Gasteiger partial charge in [0, 0.05) is 6.92 Å². The van der Waals surface area contributed by atoms with Gasteiger partial charge in [0.05, 0.1) is 13.2 Å². The molecule has 0 saturated heterocycles. The van der Waals surface area contributed by atoms with Crippen LogP contribution in [0.25, 0.3) is 0 Å². The van der Waals surface area contributed by atoms with Crippen molar-refractivity contribution in [3.05, 3.63) is 29.8 Å². The summed E-state index contributed by atoms with van der Waals surface area (Å²) in [5.41, 5.74) is 1.07. The van der Waals surface area contributed by atoms with Crippen molar-refractivity contribution in [1.29, 1.82) is 0 Å². The highest BCUT2D eigenvalue weighted by atomic mass is 16.5. The molecule has 0 unspecified atom stereocenters. The van der Waals surface area contributed by atoms with Crippen LogP contribution in [0.4, 0.5) is 0 Å². The van der Waals surface area contributed by atoms with Gasteiger partial charge in [-0.25, -0.2) is 0 Å². The van der Waals surface area contributed by atoms with Crippen LogP contribution in [0, 0.1) is 0 Å². The van der Waals surface area contributed by atoms with Gasteiger partial charge in [-0.1, -0.05) is 12.1 Å². The van der Waals surface area contributed by atoms with Gasteiger partial charge >= 0.3 is 0 Å². The van der Waals surface area contributed by atoms with Crippen molar-refractivity contribution in [2.24, 2.45) is 0 Å². The molecule has 0 fully saturated rings. The standard InChI is InChI=1S/C11H15NO2/c1-8(12-9(2)13)10-4-6-11(14-3)7-5-10/h4-8H,1-3H3,(H,12,13)/t8-/m1/s1. The average molecular weight is 193 g/mol. The maximum Gasteiger partial charge on any atom is 0.217 e. The monoisotopic (exact) mass is 193 g/mol. The Balaban J connectivity index is 2.71. The number of methoxy groups -OCH3 is 1. The fourth-order valence-corrected chi connectivity index (χ4v) is 1.28. The summed E-state index contributed by atoms with van der Waals surface area (Å²) in [6.45, 7) is 3.46. The molecule has 0 radical (unpaired) electrons. The van der Waals surface area contributed by atoms with Gasteiger partial charge in [0.1, 0.15) is 5.75 Å². The van der Waals surface area contributed by atoms with E-state index in [9.17, 15) is 4.79 Å². The molecule has 0 bridgehead atoms. The van der Waals surface area contributed by atoms with Crippen molar-refractivity contribution in [3.8, 4) is 5.75 Å². The van der Waals surface area contributed by atoms with E-state index in [2.05, 4.69) is 5.32 Å². The van der Waals surface area contributed by atoms with Gasteiger partial charge in [0.25, 0.3) is 0 Å². The Hall–Kier alpha value is -1.51. The van der Waals surface area contributed by atoms with Crippen molar-refractivity contribution in [2.45, 2.75) is 19.9 Å². The van der Waals surface area contributed by atoms with E-state index in [1.165, 1.54) is 6.92 Å². The van der Waals surface area contributed by atoms with Crippen LogP contribution in [-0.4, -0.2) is 13.0 Å². The second-order valence-corrected chi connectivity index (χ2v) is 3.20. The third kappa shape index (κ3) is 2.76. The normalized spacial score (nSPS) is 11.9. The fraction of sp³-hybridized carbons (Fsp3) is 0.364. The Morgan fingerprint density at radius 1 is 1.36 bits per heavy atom. The van der Waals surface area contributed by atoms with Gasteiger partial charge in [0.15, 0.2) is 0 Å². The second-order valence-electron chi connectivity index (χ2n) is 3.20. The number of carbonyl (C=O) groups excluding carboxylic acids is 1. The predicted octanol–water partition coefficient (Wildman–Crippen LogP) is 1.89. The van der Waals surface area contributed by atoms with Gasteiger partial charge in [-0.05, 0) is 24.6 Å². The number of hydrogen-bond acceptors (Lipinski definition) is 2. The molecule has 0 saturated carbocycles. The van der Waals surface area contributed by atoms with Gasteiger partial charge in [-0.15, -0.1) is 0 Å². The molecule has 1 aromatic carbocycles. The molecule has 1 atom stereocenters. The summed E-state index contributed by atoms with van der Waals surface area (Å²) in [5, 5.41) is 2.82. The lowest BCUT2D eigenvalue weighted by Crippen LogP contribution is -2.23. The van der Waals surface area contributed by atoms with Gasteiger partial charge in [0.2, 0.25) is 5.91 Å². The number of carbonyl (C=O) groups is 1. The SMILES string of the molecule is COc1ccc([C@@H](C)NC(C)=O)cc1. The van der Waals surface area contributed by atoms with Gasteiger partial charge < -0.3 is 10.1 Å². The van der Waals surface area contributed by atoms with Crippen molar-refractivity contribution in [3.63, 3.8) is 0 Å². The first kappa shape index (κ1) is 10.6. The molecular formula is C11H15NO2. The zero-order valence-corrected chi connectivity index (χ0v) is 8.70. The van der Waals surface area contributed by atoms with E-state index in [-0.39, 0.29) is 11.9 Å². The largest absolute Gasteiger partial charge is 0.497 e. The lowest BCUT2D eigenvalue weighted by Gasteiger charge is -2.12. The number of nitrogens with one attached hydrogen (secondary N) is 1. The quantitative estimate of drug-likeness (QED) is 0.796. The van der Waals surface area contributed by atoms with E-state index >= 15 is 0 Å². The van der Waals surface area contributed by atoms with Crippen LogP contribution in [0.15, 0.2) is 24.3 Å². The minimum absolute atomic E-state index is 0.0201. The minimum atomic E-state index is -0.0201. The van der Waals surface area contributed by atoms with Gasteiger partial charge in [-0.3, -0.25) is 4.79 Å². The molecule has 1 amide bonds. The number of amides is 1. The zero-order valence-electron chi connectivity index (χ0n) is 8.70. The van der Waals surface area contributed by atoms with Crippen LogP contribution in [0.2, 0.25) is 0 Å².